The molecule has 0 radical (unpaired) electrons. The summed E-state index contributed by atoms with van der Waals surface area (Å²) < 4.78 is 0. The van der Waals surface area contributed by atoms with Crippen molar-refractivity contribution in [2.75, 3.05) is 0 Å². The highest BCUT2D eigenvalue weighted by Gasteiger charge is 2.07. The van der Waals surface area contributed by atoms with Gasteiger partial charge < -0.3 is 5.11 Å². The molecule has 0 heterocycles. The second-order valence-electron chi connectivity index (χ2n) is 4.56. The topological polar surface area (TPSA) is 37.3 Å². The van der Waals surface area contributed by atoms with Gasteiger partial charge in [0, 0.05) is 6.42 Å². The Morgan fingerprint density at radius 3 is 2.67 bits per heavy atom. The third kappa shape index (κ3) is 5.73. The summed E-state index contributed by atoms with van der Waals surface area (Å²) in [5, 5.41) is 9.50. The fourth-order valence-corrected chi connectivity index (χ4v) is 2.12. The van der Waals surface area contributed by atoms with Crippen molar-refractivity contribution in [1.82, 2.24) is 0 Å². The molecule has 2 nitrogen and oxygen atoms in total. The molecule has 1 atom stereocenters. The smallest absolute Gasteiger partial charge is 0.132 e. The van der Waals surface area contributed by atoms with E-state index in [0.29, 0.717) is 6.42 Å². The number of allylic oxidation sites excluding steroid dienone is 2. The maximum absolute atomic E-state index is 10.7. The normalized spacial score (nSPS) is 18.7. The number of aliphatic hydroxyl groups excluding tert-OH is 1. The molecule has 0 bridgehead atoms. The largest absolute Gasteiger partial charge is 0.393 e. The number of ketones is 1. The molecule has 86 valence electrons. The Kier molecular flexibility index (Phi) is 5.62. The van der Waals surface area contributed by atoms with Crippen molar-refractivity contribution < 1.29 is 9.90 Å². The molecule has 0 amide bonds. The lowest BCUT2D eigenvalue weighted by Crippen LogP contribution is -2.10. The van der Waals surface area contributed by atoms with Crippen LogP contribution in [0.15, 0.2) is 11.6 Å². The van der Waals surface area contributed by atoms with E-state index in [2.05, 4.69) is 6.08 Å². The molecular formula is C13H22O2. The third-order valence-corrected chi connectivity index (χ3v) is 2.95. The lowest BCUT2D eigenvalue weighted by molar-refractivity contribution is -0.118. The number of Topliss-reactive ketones (excluding diaryl/α,β-unsaturated/α-hetero) is 1. The SMILES string of the molecule is CC(=O)CC(O)CCC=C1CCCCC1. The molecule has 1 aliphatic carbocycles. The van der Waals surface area contributed by atoms with Crippen LogP contribution in [0.3, 0.4) is 0 Å². The van der Waals surface area contributed by atoms with E-state index >= 15 is 0 Å². The van der Waals surface area contributed by atoms with E-state index in [1.54, 1.807) is 5.57 Å². The zero-order valence-electron chi connectivity index (χ0n) is 9.67. The van der Waals surface area contributed by atoms with Gasteiger partial charge in [0.15, 0.2) is 0 Å². The maximum Gasteiger partial charge on any atom is 0.132 e. The minimum atomic E-state index is -0.442. The van der Waals surface area contributed by atoms with E-state index < -0.39 is 6.10 Å². The van der Waals surface area contributed by atoms with E-state index in [-0.39, 0.29) is 5.78 Å². The highest BCUT2D eigenvalue weighted by molar-refractivity contribution is 5.75. The summed E-state index contributed by atoms with van der Waals surface area (Å²) in [6.07, 6.45) is 10.3. The maximum atomic E-state index is 10.7. The van der Waals surface area contributed by atoms with Gasteiger partial charge in [0.2, 0.25) is 0 Å². The Balaban J connectivity index is 2.16. The van der Waals surface area contributed by atoms with Crippen molar-refractivity contribution in [3.8, 4) is 0 Å². The summed E-state index contributed by atoms with van der Waals surface area (Å²) >= 11 is 0. The van der Waals surface area contributed by atoms with Crippen LogP contribution >= 0.6 is 0 Å². The number of hydrogen-bond acceptors (Lipinski definition) is 2. The van der Waals surface area contributed by atoms with Gasteiger partial charge in [0.25, 0.3) is 0 Å². The second kappa shape index (κ2) is 6.78. The van der Waals surface area contributed by atoms with Crippen LogP contribution in [0, 0.1) is 0 Å². The van der Waals surface area contributed by atoms with Gasteiger partial charge in [-0.2, -0.15) is 0 Å². The molecule has 2 heteroatoms. The summed E-state index contributed by atoms with van der Waals surface area (Å²) in [6.45, 7) is 1.53. The molecule has 1 rings (SSSR count). The number of aliphatic hydroxyl groups is 1. The fraction of sp³-hybridized carbons (Fsp3) is 0.769. The first-order valence-corrected chi connectivity index (χ1v) is 6.04. The molecule has 1 unspecified atom stereocenters. The van der Waals surface area contributed by atoms with Crippen molar-refractivity contribution >= 4 is 5.78 Å². The number of carbonyl (C=O) groups excluding carboxylic acids is 1. The zero-order valence-corrected chi connectivity index (χ0v) is 9.67. The van der Waals surface area contributed by atoms with Crippen LogP contribution < -0.4 is 0 Å². The number of hydrogen-bond donors (Lipinski definition) is 1. The Morgan fingerprint density at radius 1 is 1.40 bits per heavy atom. The fourth-order valence-electron chi connectivity index (χ4n) is 2.12. The monoisotopic (exact) mass is 210 g/mol. The Morgan fingerprint density at radius 2 is 2.07 bits per heavy atom. The number of rotatable bonds is 5. The summed E-state index contributed by atoms with van der Waals surface area (Å²) in [5.74, 6) is 0.0767. The van der Waals surface area contributed by atoms with E-state index in [0.717, 1.165) is 12.8 Å². The van der Waals surface area contributed by atoms with Crippen LogP contribution in [-0.2, 0) is 4.79 Å². The highest BCUT2D eigenvalue weighted by Crippen LogP contribution is 2.23. The predicted octanol–water partition coefficient (Wildman–Crippen LogP) is 3.00. The van der Waals surface area contributed by atoms with Gasteiger partial charge in [-0.25, -0.2) is 0 Å². The molecule has 0 saturated heterocycles. The molecule has 0 aromatic rings. The first kappa shape index (κ1) is 12.4. The summed E-state index contributed by atoms with van der Waals surface area (Å²) in [7, 11) is 0. The quantitative estimate of drug-likeness (QED) is 0.708. The average molecular weight is 210 g/mol. The summed E-state index contributed by atoms with van der Waals surface area (Å²) in [5.41, 5.74) is 1.55. The molecule has 15 heavy (non-hydrogen) atoms. The van der Waals surface area contributed by atoms with Crippen LogP contribution in [0.25, 0.3) is 0 Å². The van der Waals surface area contributed by atoms with Crippen LogP contribution in [0.2, 0.25) is 0 Å². The Labute approximate surface area is 92.4 Å². The minimum absolute atomic E-state index is 0.0767. The second-order valence-corrected chi connectivity index (χ2v) is 4.56. The van der Waals surface area contributed by atoms with E-state index in [1.165, 1.54) is 39.0 Å². The molecule has 0 spiro atoms. The van der Waals surface area contributed by atoms with Crippen LogP contribution in [0.1, 0.15) is 58.3 Å². The van der Waals surface area contributed by atoms with Crippen molar-refractivity contribution in [3.05, 3.63) is 11.6 Å². The van der Waals surface area contributed by atoms with E-state index in [1.807, 2.05) is 0 Å². The van der Waals surface area contributed by atoms with Gasteiger partial charge in [0.1, 0.15) is 5.78 Å². The van der Waals surface area contributed by atoms with Crippen molar-refractivity contribution in [2.24, 2.45) is 0 Å². The Hall–Kier alpha value is -0.630. The van der Waals surface area contributed by atoms with E-state index in [4.69, 9.17) is 0 Å². The summed E-state index contributed by atoms with van der Waals surface area (Å²) in [6, 6.07) is 0. The summed E-state index contributed by atoms with van der Waals surface area (Å²) in [4.78, 5) is 10.7. The van der Waals surface area contributed by atoms with Gasteiger partial charge in [-0.1, -0.05) is 18.1 Å². The van der Waals surface area contributed by atoms with Crippen LogP contribution in [0.4, 0.5) is 0 Å². The third-order valence-electron chi connectivity index (χ3n) is 2.95. The van der Waals surface area contributed by atoms with Gasteiger partial charge in [-0.3, -0.25) is 4.79 Å². The van der Waals surface area contributed by atoms with Gasteiger partial charge in [-0.15, -0.1) is 0 Å². The molecule has 1 fully saturated rings. The van der Waals surface area contributed by atoms with Crippen molar-refractivity contribution in [3.63, 3.8) is 0 Å². The first-order chi connectivity index (χ1) is 7.18. The zero-order chi connectivity index (χ0) is 11.1. The number of carbonyl (C=O) groups is 1. The first-order valence-electron chi connectivity index (χ1n) is 6.04. The highest BCUT2D eigenvalue weighted by atomic mass is 16.3. The lowest BCUT2D eigenvalue weighted by atomic mass is 9.93. The van der Waals surface area contributed by atoms with Crippen molar-refractivity contribution in [1.29, 1.82) is 0 Å². The molecule has 1 aliphatic rings. The van der Waals surface area contributed by atoms with Gasteiger partial charge in [0.05, 0.1) is 6.10 Å². The van der Waals surface area contributed by atoms with Crippen molar-refractivity contribution in [2.45, 2.75) is 64.4 Å². The van der Waals surface area contributed by atoms with Gasteiger partial charge >= 0.3 is 0 Å². The molecule has 0 aromatic carbocycles. The van der Waals surface area contributed by atoms with E-state index in [9.17, 15) is 9.90 Å². The van der Waals surface area contributed by atoms with Crippen LogP contribution in [0.5, 0.6) is 0 Å². The Bertz CT molecular complexity index is 223. The molecule has 1 N–H and O–H groups in total. The molecule has 0 aliphatic heterocycles. The molecular weight excluding hydrogens is 188 g/mol. The van der Waals surface area contributed by atoms with Crippen LogP contribution in [-0.4, -0.2) is 17.0 Å². The standard InChI is InChI=1S/C13H22O2/c1-11(14)10-13(15)9-5-8-12-6-3-2-4-7-12/h8,13,15H,2-7,9-10H2,1H3. The molecule has 0 aromatic heterocycles. The average Bonchev–Trinajstić information content (AvgIpc) is 2.18. The predicted molar refractivity (Wildman–Crippen MR) is 61.7 cm³/mol. The minimum Gasteiger partial charge on any atom is -0.393 e. The van der Waals surface area contributed by atoms with Gasteiger partial charge in [-0.05, 0) is 45.4 Å². The molecule has 1 saturated carbocycles. The lowest BCUT2D eigenvalue weighted by Gasteiger charge is -2.13.